The van der Waals surface area contributed by atoms with Crippen LogP contribution in [-0.4, -0.2) is 40.6 Å². The molecule has 1 aromatic carbocycles. The molecule has 0 spiro atoms. The number of benzene rings is 1. The number of carbonyl (C=O) groups excluding carboxylic acids is 1. The van der Waals surface area contributed by atoms with Crippen LogP contribution in [0.1, 0.15) is 53.0 Å². The highest BCUT2D eigenvalue weighted by atomic mass is 16.6. The van der Waals surface area contributed by atoms with E-state index < -0.39 is 11.1 Å². The summed E-state index contributed by atoms with van der Waals surface area (Å²) in [5.41, 5.74) is -0.251. The van der Waals surface area contributed by atoms with Gasteiger partial charge in [-0.15, -0.1) is 0 Å². The molecule has 0 aliphatic carbocycles. The van der Waals surface area contributed by atoms with Crippen molar-refractivity contribution < 1.29 is 14.5 Å². The fourth-order valence-corrected chi connectivity index (χ4v) is 3.28. The van der Waals surface area contributed by atoms with Gasteiger partial charge in [0.05, 0.1) is 4.92 Å². The molecule has 2 rings (SSSR count). The number of piperidine rings is 1. The minimum atomic E-state index is -0.539. The minimum absolute atomic E-state index is 0.121. The number of hydrogen-bond acceptors (Lipinski definition) is 5. The third kappa shape index (κ3) is 5.17. The Hall–Kier alpha value is -2.15. The van der Waals surface area contributed by atoms with Gasteiger partial charge in [0.2, 0.25) is 0 Å². The first-order chi connectivity index (χ1) is 12.0. The summed E-state index contributed by atoms with van der Waals surface area (Å²) in [6.07, 6.45) is 1.28. The summed E-state index contributed by atoms with van der Waals surface area (Å²) in [6.45, 7) is 10.7. The number of carbonyl (C=O) groups is 1. The topological polar surface area (TPSA) is 84.7 Å². The van der Waals surface area contributed by atoms with Crippen molar-refractivity contribution in [2.24, 2.45) is 0 Å². The van der Waals surface area contributed by atoms with Crippen LogP contribution in [0.15, 0.2) is 24.3 Å². The fraction of sp³-hybridized carbons (Fsp3) is 0.632. The maximum Gasteiger partial charge on any atom is 0.410 e. The lowest BCUT2D eigenvalue weighted by atomic mass is 9.90. The highest BCUT2D eigenvalue weighted by molar-refractivity contribution is 5.68. The summed E-state index contributed by atoms with van der Waals surface area (Å²) >= 11 is 0. The van der Waals surface area contributed by atoms with Gasteiger partial charge in [-0.25, -0.2) is 4.79 Å². The van der Waals surface area contributed by atoms with Gasteiger partial charge in [-0.3, -0.25) is 10.1 Å². The molecule has 1 aliphatic rings. The molecule has 1 heterocycles. The van der Waals surface area contributed by atoms with Crippen LogP contribution in [0.25, 0.3) is 0 Å². The van der Waals surface area contributed by atoms with E-state index in [9.17, 15) is 14.9 Å². The zero-order valence-corrected chi connectivity index (χ0v) is 16.2. The number of nitro benzene ring substituents is 1. The molecule has 0 aromatic heterocycles. The second-order valence-corrected chi connectivity index (χ2v) is 8.29. The molecule has 0 unspecified atom stereocenters. The van der Waals surface area contributed by atoms with Gasteiger partial charge in [0.1, 0.15) is 5.60 Å². The lowest BCUT2D eigenvalue weighted by Gasteiger charge is -2.38. The van der Waals surface area contributed by atoms with Crippen LogP contribution in [-0.2, 0) is 10.3 Å². The molecule has 7 nitrogen and oxygen atoms in total. The molecule has 1 N–H and O–H groups in total. The second kappa shape index (κ2) is 7.61. The van der Waals surface area contributed by atoms with Gasteiger partial charge in [-0.05, 0) is 47.5 Å². The Bertz CT molecular complexity index is 659. The Morgan fingerprint density at radius 3 is 2.31 bits per heavy atom. The molecule has 0 saturated carbocycles. The molecular formula is C19H29N3O4. The van der Waals surface area contributed by atoms with Crippen molar-refractivity contribution in [3.05, 3.63) is 39.9 Å². The van der Waals surface area contributed by atoms with E-state index in [1.807, 2.05) is 40.7 Å². The third-order valence-corrected chi connectivity index (χ3v) is 4.49. The number of nitro groups is 1. The van der Waals surface area contributed by atoms with Gasteiger partial charge in [0.25, 0.3) is 5.69 Å². The predicted octanol–water partition coefficient (Wildman–Crippen LogP) is 3.82. The molecule has 26 heavy (non-hydrogen) atoms. The Morgan fingerprint density at radius 2 is 1.77 bits per heavy atom. The average molecular weight is 363 g/mol. The molecule has 1 aromatic rings. The van der Waals surface area contributed by atoms with E-state index in [4.69, 9.17) is 4.74 Å². The zero-order valence-electron chi connectivity index (χ0n) is 16.2. The lowest BCUT2D eigenvalue weighted by molar-refractivity contribution is -0.386. The van der Waals surface area contributed by atoms with E-state index in [1.54, 1.807) is 17.0 Å². The van der Waals surface area contributed by atoms with E-state index in [0.717, 1.165) is 12.8 Å². The van der Waals surface area contributed by atoms with Crippen molar-refractivity contribution in [2.75, 3.05) is 13.1 Å². The largest absolute Gasteiger partial charge is 0.444 e. The first kappa shape index (κ1) is 20.2. The monoisotopic (exact) mass is 363 g/mol. The Morgan fingerprint density at radius 1 is 1.19 bits per heavy atom. The molecular weight excluding hydrogens is 334 g/mol. The summed E-state index contributed by atoms with van der Waals surface area (Å²) in [6, 6.07) is 7.00. The molecule has 0 radical (unpaired) electrons. The van der Waals surface area contributed by atoms with E-state index in [2.05, 4.69) is 5.32 Å². The zero-order chi connectivity index (χ0) is 19.5. The van der Waals surface area contributed by atoms with E-state index in [-0.39, 0.29) is 22.7 Å². The summed E-state index contributed by atoms with van der Waals surface area (Å²) in [5.74, 6) is 0. The normalized spacial score (nSPS) is 16.4. The van der Waals surface area contributed by atoms with Gasteiger partial charge in [-0.1, -0.05) is 18.2 Å². The van der Waals surface area contributed by atoms with Crippen LogP contribution in [0.5, 0.6) is 0 Å². The standard InChI is InChI=1S/C19H29N3O4/c1-18(2,3)26-17(23)21-12-10-14(11-13-21)20-19(4,5)15-8-6-7-9-16(15)22(24)25/h6-9,14,20H,10-13H2,1-5H3. The quantitative estimate of drug-likeness (QED) is 0.649. The first-order valence-electron chi connectivity index (χ1n) is 8.99. The highest BCUT2D eigenvalue weighted by Gasteiger charge is 2.33. The summed E-state index contributed by atoms with van der Waals surface area (Å²) in [5, 5.41) is 14.8. The summed E-state index contributed by atoms with van der Waals surface area (Å²) in [7, 11) is 0. The van der Waals surface area contributed by atoms with Gasteiger partial charge >= 0.3 is 6.09 Å². The van der Waals surface area contributed by atoms with Crippen molar-refractivity contribution >= 4 is 11.8 Å². The van der Waals surface area contributed by atoms with Gasteiger partial charge < -0.3 is 15.0 Å². The maximum atomic E-state index is 12.2. The van der Waals surface area contributed by atoms with Crippen molar-refractivity contribution in [3.63, 3.8) is 0 Å². The number of likely N-dealkylation sites (tertiary alicyclic amines) is 1. The van der Waals surface area contributed by atoms with Crippen LogP contribution in [0.2, 0.25) is 0 Å². The number of rotatable bonds is 4. The predicted molar refractivity (Wildman–Crippen MR) is 100 cm³/mol. The molecule has 0 bridgehead atoms. The van der Waals surface area contributed by atoms with Crippen molar-refractivity contribution in [1.82, 2.24) is 10.2 Å². The van der Waals surface area contributed by atoms with E-state index >= 15 is 0 Å². The molecule has 1 amide bonds. The van der Waals surface area contributed by atoms with Crippen molar-refractivity contribution in [2.45, 2.75) is 64.6 Å². The lowest BCUT2D eigenvalue weighted by Crippen LogP contribution is -2.51. The Kier molecular flexibility index (Phi) is 5.91. The van der Waals surface area contributed by atoms with Crippen LogP contribution in [0.4, 0.5) is 10.5 Å². The number of nitrogens with zero attached hydrogens (tertiary/aromatic N) is 2. The maximum absolute atomic E-state index is 12.2. The Balaban J connectivity index is 1.98. The number of hydrogen-bond donors (Lipinski definition) is 1. The summed E-state index contributed by atoms with van der Waals surface area (Å²) < 4.78 is 5.42. The number of para-hydroxylation sites is 1. The van der Waals surface area contributed by atoms with Crippen molar-refractivity contribution in [1.29, 1.82) is 0 Å². The van der Waals surface area contributed by atoms with Crippen LogP contribution < -0.4 is 5.32 Å². The first-order valence-corrected chi connectivity index (χ1v) is 8.99. The van der Waals surface area contributed by atoms with Gasteiger partial charge in [-0.2, -0.15) is 0 Å². The molecule has 144 valence electrons. The SMILES string of the molecule is CC(C)(C)OC(=O)N1CCC(NC(C)(C)c2ccccc2[N+](=O)[O-])CC1. The number of nitrogens with one attached hydrogen (secondary N) is 1. The van der Waals surface area contributed by atoms with Crippen LogP contribution in [0, 0.1) is 10.1 Å². The highest BCUT2D eigenvalue weighted by Crippen LogP contribution is 2.30. The van der Waals surface area contributed by atoms with Crippen LogP contribution >= 0.6 is 0 Å². The van der Waals surface area contributed by atoms with Gasteiger partial charge in [0.15, 0.2) is 0 Å². The Labute approximate surface area is 154 Å². The van der Waals surface area contributed by atoms with E-state index in [0.29, 0.717) is 18.7 Å². The molecule has 1 saturated heterocycles. The molecule has 1 aliphatic heterocycles. The van der Waals surface area contributed by atoms with Gasteiger partial charge in [0, 0.05) is 36.3 Å². The smallest absolute Gasteiger partial charge is 0.410 e. The minimum Gasteiger partial charge on any atom is -0.444 e. The third-order valence-electron chi connectivity index (χ3n) is 4.49. The van der Waals surface area contributed by atoms with Crippen LogP contribution in [0.3, 0.4) is 0 Å². The summed E-state index contributed by atoms with van der Waals surface area (Å²) in [4.78, 5) is 24.8. The molecule has 1 fully saturated rings. The van der Waals surface area contributed by atoms with Crippen molar-refractivity contribution in [3.8, 4) is 0 Å². The molecule has 7 heteroatoms. The number of ether oxygens (including phenoxy) is 1. The fourth-order valence-electron chi connectivity index (χ4n) is 3.28. The molecule has 0 atom stereocenters. The average Bonchev–Trinajstić information content (AvgIpc) is 2.53. The number of amides is 1. The van der Waals surface area contributed by atoms with E-state index in [1.165, 1.54) is 6.07 Å². The second-order valence-electron chi connectivity index (χ2n) is 8.29.